The summed E-state index contributed by atoms with van der Waals surface area (Å²) in [7, 11) is 1.28. The summed E-state index contributed by atoms with van der Waals surface area (Å²) in [6.07, 6.45) is 0.282. The third-order valence-electron chi connectivity index (χ3n) is 1.99. The fraction of sp³-hybridized carbons (Fsp3) is 0.100. The lowest BCUT2D eigenvalue weighted by molar-refractivity contribution is -0.385. The van der Waals surface area contributed by atoms with Crippen LogP contribution >= 0.6 is 0 Å². The second-order valence-electron chi connectivity index (χ2n) is 2.89. The standard InChI is InChI=1S/C10H8FNO4/c1-6(16-2)8-3-7(5-13)10(12(14)15)4-9(8)11/h3-5H,1H2,2H3. The van der Waals surface area contributed by atoms with Crippen molar-refractivity contribution in [3.8, 4) is 0 Å². The first-order chi connectivity index (χ1) is 7.51. The number of nitrogens with zero attached hydrogens (tertiary/aromatic N) is 1. The average molecular weight is 225 g/mol. The number of hydrogen-bond donors (Lipinski definition) is 0. The van der Waals surface area contributed by atoms with Gasteiger partial charge < -0.3 is 4.74 Å². The number of methoxy groups -OCH3 is 1. The van der Waals surface area contributed by atoms with Crippen LogP contribution in [0.1, 0.15) is 15.9 Å². The average Bonchev–Trinajstić information content (AvgIpc) is 2.27. The minimum atomic E-state index is -0.857. The van der Waals surface area contributed by atoms with Crippen LogP contribution in [0.5, 0.6) is 0 Å². The van der Waals surface area contributed by atoms with E-state index in [4.69, 9.17) is 4.74 Å². The van der Waals surface area contributed by atoms with E-state index < -0.39 is 16.4 Å². The Morgan fingerprint density at radius 2 is 2.25 bits per heavy atom. The van der Waals surface area contributed by atoms with Crippen LogP contribution in [-0.2, 0) is 4.74 Å². The largest absolute Gasteiger partial charge is 0.497 e. The number of hydrogen-bond acceptors (Lipinski definition) is 4. The van der Waals surface area contributed by atoms with Crippen molar-refractivity contribution >= 4 is 17.7 Å². The van der Waals surface area contributed by atoms with Crippen molar-refractivity contribution in [2.45, 2.75) is 0 Å². The van der Waals surface area contributed by atoms with Gasteiger partial charge in [0.15, 0.2) is 6.29 Å². The van der Waals surface area contributed by atoms with E-state index in [1.54, 1.807) is 0 Å². The molecule has 0 fully saturated rings. The molecule has 0 amide bonds. The molecule has 0 unspecified atom stereocenters. The molecule has 1 rings (SSSR count). The van der Waals surface area contributed by atoms with Crippen molar-refractivity contribution < 1.29 is 18.8 Å². The minimum absolute atomic E-state index is 0.00417. The van der Waals surface area contributed by atoms with Crippen molar-refractivity contribution in [1.29, 1.82) is 0 Å². The zero-order valence-corrected chi connectivity index (χ0v) is 8.40. The molecule has 0 saturated heterocycles. The molecule has 0 aliphatic heterocycles. The van der Waals surface area contributed by atoms with Gasteiger partial charge in [0.2, 0.25) is 0 Å². The first kappa shape index (κ1) is 11.8. The highest BCUT2D eigenvalue weighted by Gasteiger charge is 2.19. The molecule has 0 aromatic heterocycles. The monoisotopic (exact) mass is 225 g/mol. The normalized spacial score (nSPS) is 9.62. The smallest absolute Gasteiger partial charge is 0.282 e. The number of nitro benzene ring substituents is 1. The van der Waals surface area contributed by atoms with Gasteiger partial charge in [-0.25, -0.2) is 4.39 Å². The van der Waals surface area contributed by atoms with Gasteiger partial charge in [-0.15, -0.1) is 0 Å². The molecule has 0 radical (unpaired) electrons. The Kier molecular flexibility index (Phi) is 3.34. The Morgan fingerprint density at radius 1 is 1.62 bits per heavy atom. The molecule has 5 nitrogen and oxygen atoms in total. The molecule has 0 aliphatic carbocycles. The molecule has 16 heavy (non-hydrogen) atoms. The first-order valence-electron chi connectivity index (χ1n) is 4.17. The molecule has 1 aromatic rings. The predicted octanol–water partition coefficient (Wildman–Crippen LogP) is 2.16. The third-order valence-corrected chi connectivity index (χ3v) is 1.99. The van der Waals surface area contributed by atoms with E-state index in [0.717, 1.165) is 6.07 Å². The maximum atomic E-state index is 13.4. The molecule has 0 spiro atoms. The van der Waals surface area contributed by atoms with Crippen molar-refractivity contribution in [3.05, 3.63) is 45.8 Å². The zero-order valence-electron chi connectivity index (χ0n) is 8.40. The number of rotatable bonds is 4. The number of benzene rings is 1. The molecular formula is C10H8FNO4. The van der Waals surface area contributed by atoms with Gasteiger partial charge >= 0.3 is 0 Å². The SMILES string of the molecule is C=C(OC)c1cc(C=O)c([N+](=O)[O-])cc1F. The number of nitro groups is 1. The van der Waals surface area contributed by atoms with Crippen LogP contribution in [0.25, 0.3) is 5.76 Å². The fourth-order valence-corrected chi connectivity index (χ4v) is 1.16. The van der Waals surface area contributed by atoms with E-state index in [9.17, 15) is 19.3 Å². The van der Waals surface area contributed by atoms with Gasteiger partial charge in [-0.2, -0.15) is 0 Å². The summed E-state index contributed by atoms with van der Waals surface area (Å²) in [6.45, 7) is 3.41. The number of ether oxygens (including phenoxy) is 1. The van der Waals surface area contributed by atoms with E-state index in [0.29, 0.717) is 6.07 Å². The van der Waals surface area contributed by atoms with Gasteiger partial charge in [0.05, 0.1) is 29.2 Å². The highest BCUT2D eigenvalue weighted by molar-refractivity contribution is 5.83. The fourth-order valence-electron chi connectivity index (χ4n) is 1.16. The lowest BCUT2D eigenvalue weighted by atomic mass is 10.1. The number of aldehydes is 1. The van der Waals surface area contributed by atoms with Gasteiger partial charge in [-0.05, 0) is 6.07 Å². The van der Waals surface area contributed by atoms with E-state index in [-0.39, 0.29) is 23.2 Å². The maximum absolute atomic E-state index is 13.4. The van der Waals surface area contributed by atoms with Crippen LogP contribution < -0.4 is 0 Å². The maximum Gasteiger partial charge on any atom is 0.282 e. The Labute approximate surface area is 90.3 Å². The molecule has 84 valence electrons. The van der Waals surface area contributed by atoms with Crippen molar-refractivity contribution in [3.63, 3.8) is 0 Å². The molecule has 0 saturated carbocycles. The molecular weight excluding hydrogens is 217 g/mol. The van der Waals surface area contributed by atoms with E-state index in [1.165, 1.54) is 7.11 Å². The Bertz CT molecular complexity index is 470. The van der Waals surface area contributed by atoms with Gasteiger partial charge in [0.25, 0.3) is 5.69 Å². The van der Waals surface area contributed by atoms with Crippen LogP contribution in [0, 0.1) is 15.9 Å². The van der Waals surface area contributed by atoms with Gasteiger partial charge in [0.1, 0.15) is 11.6 Å². The summed E-state index contributed by atoms with van der Waals surface area (Å²) in [6, 6.07) is 1.70. The zero-order chi connectivity index (χ0) is 12.3. The Balaban J connectivity index is 3.42. The molecule has 0 bridgehead atoms. The molecule has 6 heteroatoms. The van der Waals surface area contributed by atoms with Crippen molar-refractivity contribution in [1.82, 2.24) is 0 Å². The number of carbonyl (C=O) groups is 1. The summed E-state index contributed by atoms with van der Waals surface area (Å²) in [5.74, 6) is -0.861. The highest BCUT2D eigenvalue weighted by Crippen LogP contribution is 2.25. The van der Waals surface area contributed by atoms with Crippen LogP contribution in [0.2, 0.25) is 0 Å². The summed E-state index contributed by atoms with van der Waals surface area (Å²) >= 11 is 0. The lowest BCUT2D eigenvalue weighted by Gasteiger charge is -2.06. The molecule has 0 atom stereocenters. The van der Waals surface area contributed by atoms with E-state index >= 15 is 0 Å². The quantitative estimate of drug-likeness (QED) is 0.341. The summed E-state index contributed by atoms with van der Waals surface area (Å²) < 4.78 is 18.1. The summed E-state index contributed by atoms with van der Waals surface area (Å²) in [4.78, 5) is 20.3. The minimum Gasteiger partial charge on any atom is -0.497 e. The van der Waals surface area contributed by atoms with Crippen LogP contribution in [-0.4, -0.2) is 18.3 Å². The van der Waals surface area contributed by atoms with Gasteiger partial charge in [-0.1, -0.05) is 6.58 Å². The number of carbonyl (C=O) groups excluding carboxylic acids is 1. The van der Waals surface area contributed by atoms with E-state index in [2.05, 4.69) is 6.58 Å². The highest BCUT2D eigenvalue weighted by atomic mass is 19.1. The topological polar surface area (TPSA) is 69.4 Å². The molecule has 0 N–H and O–H groups in total. The molecule has 1 aromatic carbocycles. The molecule has 0 heterocycles. The van der Waals surface area contributed by atoms with Crippen LogP contribution in [0.3, 0.4) is 0 Å². The second kappa shape index (κ2) is 4.52. The van der Waals surface area contributed by atoms with Gasteiger partial charge in [0, 0.05) is 0 Å². The lowest BCUT2D eigenvalue weighted by Crippen LogP contribution is -1.99. The van der Waals surface area contributed by atoms with Gasteiger partial charge in [-0.3, -0.25) is 14.9 Å². The van der Waals surface area contributed by atoms with Crippen molar-refractivity contribution in [2.24, 2.45) is 0 Å². The van der Waals surface area contributed by atoms with Crippen LogP contribution in [0.4, 0.5) is 10.1 Å². The summed E-state index contributed by atoms with van der Waals surface area (Å²) in [5.41, 5.74) is -0.880. The third kappa shape index (κ3) is 2.05. The van der Waals surface area contributed by atoms with Crippen LogP contribution in [0.15, 0.2) is 18.7 Å². The summed E-state index contributed by atoms with van der Waals surface area (Å²) in [5, 5.41) is 10.5. The van der Waals surface area contributed by atoms with E-state index in [1.807, 2.05) is 0 Å². The first-order valence-corrected chi connectivity index (χ1v) is 4.17. The predicted molar refractivity (Wildman–Crippen MR) is 54.5 cm³/mol. The number of halogens is 1. The van der Waals surface area contributed by atoms with Crippen molar-refractivity contribution in [2.75, 3.05) is 7.11 Å². The second-order valence-corrected chi connectivity index (χ2v) is 2.89. The Hall–Kier alpha value is -2.24. The molecule has 0 aliphatic rings. The Morgan fingerprint density at radius 3 is 2.69 bits per heavy atom.